The third-order valence-electron chi connectivity index (χ3n) is 3.97. The Hall–Kier alpha value is -1.32. The molecule has 1 unspecified atom stereocenters. The lowest BCUT2D eigenvalue weighted by atomic mass is 9.75. The van der Waals surface area contributed by atoms with Crippen LogP contribution in [-0.4, -0.2) is 11.0 Å². The Bertz CT molecular complexity index is 572. The fraction of sp³-hybridized carbons (Fsp3) is 0.438. The maximum Gasteiger partial charge on any atom is 0.211 e. The minimum Gasteiger partial charge on any atom is -0.444 e. The first-order valence-corrected chi connectivity index (χ1v) is 7.43. The zero-order valence-corrected chi connectivity index (χ0v) is 12.5. The maximum atomic E-state index is 5.92. The molecule has 0 radical (unpaired) electrons. The Morgan fingerprint density at radius 3 is 2.60 bits per heavy atom. The zero-order chi connectivity index (χ0) is 14.1. The molecule has 4 heteroatoms. The molecule has 1 saturated carbocycles. The number of aromatic nitrogens is 1. The lowest BCUT2D eigenvalue weighted by molar-refractivity contribution is 0.254. The second-order valence-corrected chi connectivity index (χ2v) is 6.05. The van der Waals surface area contributed by atoms with Gasteiger partial charge >= 0.3 is 0 Å². The van der Waals surface area contributed by atoms with Crippen LogP contribution in [-0.2, 0) is 0 Å². The summed E-state index contributed by atoms with van der Waals surface area (Å²) in [5.74, 6) is 2.28. The molecule has 0 bridgehead atoms. The highest BCUT2D eigenvalue weighted by molar-refractivity contribution is 6.30. The molecule has 1 aromatic heterocycles. The van der Waals surface area contributed by atoms with Crippen LogP contribution in [0.25, 0.3) is 0 Å². The number of hydrogen-bond donors (Lipinski definition) is 1. The second kappa shape index (κ2) is 5.58. The van der Waals surface area contributed by atoms with Gasteiger partial charge in [0.15, 0.2) is 0 Å². The number of rotatable bonds is 4. The number of halogens is 1. The van der Waals surface area contributed by atoms with E-state index < -0.39 is 0 Å². The van der Waals surface area contributed by atoms with E-state index in [0.717, 1.165) is 29.5 Å². The predicted molar refractivity (Wildman–Crippen MR) is 80.0 cm³/mol. The van der Waals surface area contributed by atoms with Gasteiger partial charge in [-0.2, -0.15) is 0 Å². The lowest BCUT2D eigenvalue weighted by Gasteiger charge is -2.37. The van der Waals surface area contributed by atoms with Gasteiger partial charge in [-0.05, 0) is 50.3 Å². The smallest absolute Gasteiger partial charge is 0.211 e. The quantitative estimate of drug-likeness (QED) is 0.915. The molecule has 106 valence electrons. The maximum absolute atomic E-state index is 5.92. The number of benzene rings is 1. The zero-order valence-electron chi connectivity index (χ0n) is 11.8. The third-order valence-corrected chi connectivity index (χ3v) is 4.23. The molecule has 3 rings (SSSR count). The van der Waals surface area contributed by atoms with E-state index in [0.29, 0.717) is 12.0 Å². The average Bonchev–Trinajstić information content (AvgIpc) is 2.81. The molecule has 1 heterocycles. The summed E-state index contributed by atoms with van der Waals surface area (Å²) in [5.41, 5.74) is 1.38. The first kappa shape index (κ1) is 13.7. The van der Waals surface area contributed by atoms with Crippen molar-refractivity contribution in [1.29, 1.82) is 0 Å². The molecule has 1 fully saturated rings. The summed E-state index contributed by atoms with van der Waals surface area (Å²) in [7, 11) is 0. The van der Waals surface area contributed by atoms with E-state index >= 15 is 0 Å². The number of nitrogens with zero attached hydrogens (tertiary/aromatic N) is 1. The number of oxazole rings is 1. The SMILES string of the molecule is Cc1cnc(C(C)NC2CC(c3ccc(Cl)cc3)C2)o1. The van der Waals surface area contributed by atoms with Gasteiger partial charge in [0.1, 0.15) is 5.76 Å². The van der Waals surface area contributed by atoms with Crippen LogP contribution in [0.4, 0.5) is 0 Å². The molecule has 0 amide bonds. The van der Waals surface area contributed by atoms with Crippen LogP contribution >= 0.6 is 11.6 Å². The van der Waals surface area contributed by atoms with Crippen LogP contribution in [0.1, 0.15) is 48.9 Å². The minimum absolute atomic E-state index is 0.167. The Labute approximate surface area is 124 Å². The number of hydrogen-bond acceptors (Lipinski definition) is 3. The van der Waals surface area contributed by atoms with Crippen molar-refractivity contribution >= 4 is 11.6 Å². The van der Waals surface area contributed by atoms with Crippen LogP contribution in [0.15, 0.2) is 34.9 Å². The molecule has 1 aliphatic carbocycles. The Balaban J connectivity index is 1.52. The largest absolute Gasteiger partial charge is 0.444 e. The van der Waals surface area contributed by atoms with Crippen molar-refractivity contribution in [3.63, 3.8) is 0 Å². The summed E-state index contributed by atoms with van der Waals surface area (Å²) in [4.78, 5) is 4.27. The van der Waals surface area contributed by atoms with Crippen LogP contribution in [0.5, 0.6) is 0 Å². The summed E-state index contributed by atoms with van der Waals surface area (Å²) in [5, 5.41) is 4.38. The Kier molecular flexibility index (Phi) is 3.81. The second-order valence-electron chi connectivity index (χ2n) is 5.61. The summed E-state index contributed by atoms with van der Waals surface area (Å²) in [6, 6.07) is 8.90. The van der Waals surface area contributed by atoms with Crippen molar-refractivity contribution in [2.75, 3.05) is 0 Å². The van der Waals surface area contributed by atoms with Crippen molar-refractivity contribution < 1.29 is 4.42 Å². The van der Waals surface area contributed by atoms with E-state index in [1.807, 2.05) is 19.1 Å². The van der Waals surface area contributed by atoms with E-state index in [-0.39, 0.29) is 6.04 Å². The van der Waals surface area contributed by atoms with Gasteiger partial charge in [-0.15, -0.1) is 0 Å². The molecule has 20 heavy (non-hydrogen) atoms. The molecule has 0 saturated heterocycles. The van der Waals surface area contributed by atoms with E-state index in [2.05, 4.69) is 29.4 Å². The van der Waals surface area contributed by atoms with Gasteiger partial charge in [0.2, 0.25) is 5.89 Å². The summed E-state index contributed by atoms with van der Waals surface area (Å²) >= 11 is 5.92. The van der Waals surface area contributed by atoms with Crippen LogP contribution in [0, 0.1) is 6.92 Å². The van der Waals surface area contributed by atoms with Gasteiger partial charge in [0.05, 0.1) is 12.2 Å². The van der Waals surface area contributed by atoms with E-state index in [1.54, 1.807) is 6.20 Å². The monoisotopic (exact) mass is 290 g/mol. The number of aryl methyl sites for hydroxylation is 1. The summed E-state index contributed by atoms with van der Waals surface area (Å²) in [6.07, 6.45) is 4.09. The molecule has 2 aromatic rings. The van der Waals surface area contributed by atoms with Crippen LogP contribution in [0.3, 0.4) is 0 Å². The van der Waals surface area contributed by atoms with Crippen molar-refractivity contribution in [2.45, 2.75) is 44.7 Å². The van der Waals surface area contributed by atoms with Gasteiger partial charge < -0.3 is 9.73 Å². The molecule has 1 aromatic carbocycles. The Morgan fingerprint density at radius 2 is 2.00 bits per heavy atom. The molecule has 1 atom stereocenters. The summed E-state index contributed by atoms with van der Waals surface area (Å²) in [6.45, 7) is 4.02. The lowest BCUT2D eigenvalue weighted by Crippen LogP contribution is -2.41. The molecule has 1 aliphatic rings. The first-order chi connectivity index (χ1) is 9.61. The fourth-order valence-corrected chi connectivity index (χ4v) is 2.88. The van der Waals surface area contributed by atoms with Crippen molar-refractivity contribution in [3.05, 3.63) is 52.7 Å². The highest BCUT2D eigenvalue weighted by atomic mass is 35.5. The minimum atomic E-state index is 0.167. The van der Waals surface area contributed by atoms with Gasteiger partial charge in [-0.1, -0.05) is 23.7 Å². The summed E-state index contributed by atoms with van der Waals surface area (Å²) < 4.78 is 5.55. The average molecular weight is 291 g/mol. The standard InChI is InChI=1S/C16H19ClN2O/c1-10-9-18-16(20-10)11(2)19-15-7-13(8-15)12-3-5-14(17)6-4-12/h3-6,9,11,13,15,19H,7-8H2,1-2H3. The van der Waals surface area contributed by atoms with Gasteiger partial charge in [0.25, 0.3) is 0 Å². The highest BCUT2D eigenvalue weighted by Gasteiger charge is 2.31. The van der Waals surface area contributed by atoms with E-state index in [1.165, 1.54) is 5.56 Å². The molecule has 0 aliphatic heterocycles. The normalized spacial score (nSPS) is 23.4. The number of nitrogens with one attached hydrogen (secondary N) is 1. The fourth-order valence-electron chi connectivity index (χ4n) is 2.76. The van der Waals surface area contributed by atoms with Crippen molar-refractivity contribution in [3.8, 4) is 0 Å². The van der Waals surface area contributed by atoms with Gasteiger partial charge in [-0.25, -0.2) is 4.98 Å². The third kappa shape index (κ3) is 2.89. The predicted octanol–water partition coefficient (Wildman–Crippen LogP) is 4.23. The molecular formula is C16H19ClN2O. The van der Waals surface area contributed by atoms with Crippen molar-refractivity contribution in [2.24, 2.45) is 0 Å². The topological polar surface area (TPSA) is 38.1 Å². The molecule has 3 nitrogen and oxygen atoms in total. The Morgan fingerprint density at radius 1 is 1.30 bits per heavy atom. The van der Waals surface area contributed by atoms with Crippen molar-refractivity contribution in [1.82, 2.24) is 10.3 Å². The van der Waals surface area contributed by atoms with Gasteiger partial charge in [-0.3, -0.25) is 0 Å². The molecular weight excluding hydrogens is 272 g/mol. The first-order valence-electron chi connectivity index (χ1n) is 7.05. The van der Waals surface area contributed by atoms with Crippen LogP contribution < -0.4 is 5.32 Å². The highest BCUT2D eigenvalue weighted by Crippen LogP contribution is 2.38. The molecule has 0 spiro atoms. The molecule has 1 N–H and O–H groups in total. The van der Waals surface area contributed by atoms with Crippen LogP contribution in [0.2, 0.25) is 5.02 Å². The van der Waals surface area contributed by atoms with Gasteiger partial charge in [0, 0.05) is 11.1 Å². The van der Waals surface area contributed by atoms with E-state index in [4.69, 9.17) is 16.0 Å². The van der Waals surface area contributed by atoms with E-state index in [9.17, 15) is 0 Å².